The minimum atomic E-state index is -1.18. The van der Waals surface area contributed by atoms with Crippen LogP contribution in [0.5, 0.6) is 11.5 Å². The lowest BCUT2D eigenvalue weighted by Gasteiger charge is -2.40. The quantitative estimate of drug-likeness (QED) is 0.484. The number of carboxylic acids is 1. The number of hydrogen-bond donors (Lipinski definition) is 4. The van der Waals surface area contributed by atoms with Crippen molar-refractivity contribution in [1.29, 1.82) is 0 Å². The summed E-state index contributed by atoms with van der Waals surface area (Å²) in [7, 11) is -0.996. The van der Waals surface area contributed by atoms with Crippen LogP contribution in [0.3, 0.4) is 0 Å². The second kappa shape index (κ2) is 7.03. The average Bonchev–Trinajstić information content (AvgIpc) is 3.33. The van der Waals surface area contributed by atoms with E-state index in [4.69, 9.17) is 15.1 Å². The van der Waals surface area contributed by atoms with Crippen molar-refractivity contribution in [1.82, 2.24) is 14.9 Å². The van der Waals surface area contributed by atoms with Crippen LogP contribution in [0.2, 0.25) is 5.82 Å². The fourth-order valence-corrected chi connectivity index (χ4v) is 4.22. The minimum Gasteiger partial charge on any atom is -0.535 e. The van der Waals surface area contributed by atoms with Gasteiger partial charge in [0.2, 0.25) is 5.91 Å². The molecule has 5 rings (SSSR count). The molecule has 11 heteroatoms. The van der Waals surface area contributed by atoms with E-state index in [1.54, 1.807) is 23.2 Å². The van der Waals surface area contributed by atoms with E-state index in [9.17, 15) is 19.7 Å². The number of nitrogens with zero attached hydrogens (tertiary/aromatic N) is 2. The molecule has 2 aliphatic heterocycles. The largest absolute Gasteiger partial charge is 0.535 e. The third kappa shape index (κ3) is 3.19. The zero-order valence-corrected chi connectivity index (χ0v) is 16.0. The highest BCUT2D eigenvalue weighted by atomic mass is 16.5. The van der Waals surface area contributed by atoms with E-state index in [1.165, 1.54) is 6.33 Å². The monoisotopic (exact) mass is 412 g/mol. The summed E-state index contributed by atoms with van der Waals surface area (Å²) in [6, 6.07) is 2.74. The molecule has 2 aromatic rings. The second-order valence-electron chi connectivity index (χ2n) is 8.05. The van der Waals surface area contributed by atoms with Gasteiger partial charge in [0.15, 0.2) is 0 Å². The van der Waals surface area contributed by atoms with Gasteiger partial charge in [-0.05, 0) is 24.0 Å². The van der Waals surface area contributed by atoms with Crippen molar-refractivity contribution in [2.24, 2.45) is 5.73 Å². The molecule has 3 atom stereocenters. The van der Waals surface area contributed by atoms with Crippen molar-refractivity contribution < 1.29 is 29.1 Å². The lowest BCUT2D eigenvalue weighted by Crippen LogP contribution is -2.60. The van der Waals surface area contributed by atoms with E-state index in [0.29, 0.717) is 19.5 Å². The minimum absolute atomic E-state index is 0.0306. The summed E-state index contributed by atoms with van der Waals surface area (Å²) >= 11 is 0. The van der Waals surface area contributed by atoms with Crippen molar-refractivity contribution in [3.63, 3.8) is 0 Å². The van der Waals surface area contributed by atoms with E-state index >= 15 is 0 Å². The Morgan fingerprint density at radius 2 is 2.23 bits per heavy atom. The van der Waals surface area contributed by atoms with E-state index in [0.717, 1.165) is 17.7 Å². The van der Waals surface area contributed by atoms with Crippen LogP contribution in [-0.4, -0.2) is 69.2 Å². The number of carbonyl (C=O) groups is 2. The molecule has 1 saturated heterocycles. The van der Waals surface area contributed by atoms with Crippen LogP contribution in [0.15, 0.2) is 24.7 Å². The van der Waals surface area contributed by atoms with Gasteiger partial charge in [0.25, 0.3) is 0 Å². The number of imidazole rings is 1. The topological polar surface area (TPSA) is 151 Å². The number of amides is 1. The highest BCUT2D eigenvalue weighted by molar-refractivity contribution is 6.48. The maximum atomic E-state index is 12.5. The van der Waals surface area contributed by atoms with E-state index in [2.05, 4.69) is 9.97 Å². The molecule has 1 saturated carbocycles. The number of nitrogens with two attached hydrogens (primary N) is 1. The smallest absolute Gasteiger partial charge is 0.526 e. The van der Waals surface area contributed by atoms with Crippen LogP contribution in [-0.2, 0) is 11.2 Å². The van der Waals surface area contributed by atoms with Crippen molar-refractivity contribution in [2.45, 2.75) is 36.7 Å². The molecule has 3 heterocycles. The number of fused-ring (bicyclic) bond motifs is 3. The molecule has 0 bridgehead atoms. The lowest BCUT2D eigenvalue weighted by molar-refractivity contribution is -0.141. The molecule has 2 fully saturated rings. The zero-order valence-electron chi connectivity index (χ0n) is 16.0. The van der Waals surface area contributed by atoms with Crippen LogP contribution in [0.4, 0.5) is 0 Å². The van der Waals surface area contributed by atoms with E-state index in [1.807, 2.05) is 0 Å². The number of aromatic amines is 1. The van der Waals surface area contributed by atoms with Gasteiger partial charge >= 0.3 is 13.1 Å². The number of ether oxygens (including phenoxy) is 1. The fraction of sp³-hybridized carbons (Fsp3) is 0.421. The van der Waals surface area contributed by atoms with Gasteiger partial charge in [-0.25, -0.2) is 9.78 Å². The van der Waals surface area contributed by atoms with Crippen molar-refractivity contribution in [3.05, 3.63) is 41.5 Å². The van der Waals surface area contributed by atoms with Gasteiger partial charge in [0.05, 0.1) is 25.5 Å². The highest BCUT2D eigenvalue weighted by Gasteiger charge is 2.54. The molecule has 3 unspecified atom stereocenters. The predicted molar refractivity (Wildman–Crippen MR) is 104 cm³/mol. The number of aromatic carboxylic acids is 1. The maximum Gasteiger partial charge on any atom is 0.526 e. The number of carboxylic acid groups (broad SMARTS) is 1. The number of nitrogens with one attached hydrogen (secondary N) is 1. The Labute approximate surface area is 172 Å². The molecule has 1 aromatic carbocycles. The Kier molecular flexibility index (Phi) is 4.44. The Bertz CT molecular complexity index is 993. The van der Waals surface area contributed by atoms with Crippen molar-refractivity contribution in [2.75, 3.05) is 13.1 Å². The van der Waals surface area contributed by atoms with Gasteiger partial charge in [-0.1, -0.05) is 6.07 Å². The molecule has 0 spiro atoms. The average molecular weight is 412 g/mol. The number of carbonyl (C=O) groups excluding carboxylic acids is 1. The SMILES string of the molecule is NC(Cc1cnc[nH]1)C(=O)N1CC(Oc2ccc3c(c2C(=O)O)OB(O)C2CC32)C1. The van der Waals surface area contributed by atoms with Crippen molar-refractivity contribution in [3.8, 4) is 11.5 Å². The molecular formula is C19H21BN4O6. The molecule has 1 amide bonds. The third-order valence-corrected chi connectivity index (χ3v) is 5.97. The van der Waals surface area contributed by atoms with Crippen LogP contribution in [0.25, 0.3) is 0 Å². The summed E-state index contributed by atoms with van der Waals surface area (Å²) in [5.74, 6) is -0.861. The normalized spacial score (nSPS) is 23.0. The standard InChI is InChI=1S/C19H21BN4O6/c21-14(3-9-5-22-8-23-9)18(25)24-6-10(7-24)29-15-2-1-11-12-4-13(12)20(28)30-17(11)16(15)19(26)27/h1-2,5,8,10,12-14,28H,3-4,6-7,21H2,(H,22,23)(H,26,27). The Morgan fingerprint density at radius 3 is 2.93 bits per heavy atom. The second-order valence-corrected chi connectivity index (χ2v) is 8.05. The summed E-state index contributed by atoms with van der Waals surface area (Å²) in [4.78, 5) is 32.8. The van der Waals surface area contributed by atoms with Gasteiger partial charge in [-0.2, -0.15) is 0 Å². The molecule has 10 nitrogen and oxygen atoms in total. The molecule has 156 valence electrons. The number of hydrogen-bond acceptors (Lipinski definition) is 7. The Hall–Kier alpha value is -3.05. The van der Waals surface area contributed by atoms with E-state index < -0.39 is 19.1 Å². The first-order valence-electron chi connectivity index (χ1n) is 9.85. The molecule has 0 radical (unpaired) electrons. The van der Waals surface area contributed by atoms with Gasteiger partial charge in [-0.15, -0.1) is 0 Å². The summed E-state index contributed by atoms with van der Waals surface area (Å²) in [6.07, 6.45) is 3.96. The molecular weight excluding hydrogens is 391 g/mol. The summed E-state index contributed by atoms with van der Waals surface area (Å²) in [5, 5.41) is 19.7. The molecule has 5 N–H and O–H groups in total. The number of likely N-dealkylation sites (tertiary alicyclic amines) is 1. The molecule has 1 aliphatic carbocycles. The van der Waals surface area contributed by atoms with Gasteiger partial charge in [0, 0.05) is 24.1 Å². The van der Waals surface area contributed by atoms with Crippen molar-refractivity contribution >= 4 is 19.0 Å². The Balaban J connectivity index is 1.25. The van der Waals surface area contributed by atoms with Gasteiger partial charge in [-0.3, -0.25) is 4.79 Å². The first-order valence-corrected chi connectivity index (χ1v) is 9.85. The number of benzene rings is 1. The summed E-state index contributed by atoms with van der Waals surface area (Å²) in [6.45, 7) is 0.639. The molecule has 30 heavy (non-hydrogen) atoms. The highest BCUT2D eigenvalue weighted by Crippen LogP contribution is 2.60. The first kappa shape index (κ1) is 19.0. The predicted octanol–water partition coefficient (Wildman–Crippen LogP) is -0.00210. The van der Waals surface area contributed by atoms with Gasteiger partial charge in [0.1, 0.15) is 23.2 Å². The summed E-state index contributed by atoms with van der Waals surface area (Å²) < 4.78 is 11.4. The van der Waals surface area contributed by atoms with Crippen LogP contribution >= 0.6 is 0 Å². The fourth-order valence-electron chi connectivity index (χ4n) is 4.22. The third-order valence-electron chi connectivity index (χ3n) is 5.97. The van der Waals surface area contributed by atoms with Gasteiger partial charge < -0.3 is 35.1 Å². The number of aromatic nitrogens is 2. The first-order chi connectivity index (χ1) is 14.4. The molecule has 3 aliphatic rings. The maximum absolute atomic E-state index is 12.5. The zero-order chi connectivity index (χ0) is 21.0. The van der Waals surface area contributed by atoms with Crippen LogP contribution in [0, 0.1) is 0 Å². The van der Waals surface area contributed by atoms with Crippen LogP contribution in [0.1, 0.15) is 34.0 Å². The molecule has 1 aromatic heterocycles. The number of rotatable bonds is 6. The Morgan fingerprint density at radius 1 is 1.43 bits per heavy atom. The summed E-state index contributed by atoms with van der Waals surface area (Å²) in [5.41, 5.74) is 7.48. The lowest BCUT2D eigenvalue weighted by atomic mass is 9.77. The van der Waals surface area contributed by atoms with Crippen LogP contribution < -0.4 is 15.1 Å². The number of H-pyrrole nitrogens is 1. The van der Waals surface area contributed by atoms with E-state index in [-0.39, 0.29) is 40.8 Å².